The minimum absolute atomic E-state index is 0.0515. The molecule has 1 fully saturated rings. The van der Waals surface area contributed by atoms with Gasteiger partial charge in [0, 0.05) is 12.0 Å². The number of carbonyl (C=O) groups excluding carboxylic acids is 1. The Morgan fingerprint density at radius 2 is 2.03 bits per heavy atom. The van der Waals surface area contributed by atoms with E-state index in [-0.39, 0.29) is 17.4 Å². The van der Waals surface area contributed by atoms with Crippen molar-refractivity contribution in [2.24, 2.45) is 0 Å². The molecule has 32 heavy (non-hydrogen) atoms. The summed E-state index contributed by atoms with van der Waals surface area (Å²) >= 11 is 0. The first kappa shape index (κ1) is 21.3. The Kier molecular flexibility index (Phi) is 5.81. The number of benzene rings is 1. The van der Waals surface area contributed by atoms with Crippen LogP contribution in [-0.4, -0.2) is 30.4 Å². The van der Waals surface area contributed by atoms with Crippen LogP contribution in [-0.2, 0) is 5.41 Å². The predicted molar refractivity (Wildman–Crippen MR) is 128 cm³/mol. The van der Waals surface area contributed by atoms with Gasteiger partial charge in [0.15, 0.2) is 0 Å². The Hall–Kier alpha value is -2.59. The van der Waals surface area contributed by atoms with Crippen LogP contribution in [0.5, 0.6) is 0 Å². The Balaban J connectivity index is 1.25. The van der Waals surface area contributed by atoms with Gasteiger partial charge in [0.25, 0.3) is 5.91 Å². The zero-order chi connectivity index (χ0) is 22.1. The number of fused-ring (bicyclic) bond motifs is 2. The molecule has 1 amide bonds. The van der Waals surface area contributed by atoms with E-state index >= 15 is 0 Å². The molecule has 168 valence electrons. The van der Waals surface area contributed by atoms with Gasteiger partial charge in [-0.05, 0) is 87.7 Å². The second kappa shape index (κ2) is 8.74. The Morgan fingerprint density at radius 3 is 2.78 bits per heavy atom. The first-order valence-electron chi connectivity index (χ1n) is 12.1. The average molecular weight is 431 g/mol. The highest BCUT2D eigenvalue weighted by atomic mass is 16.3. The summed E-state index contributed by atoms with van der Waals surface area (Å²) in [4.78, 5) is 15.3. The molecule has 0 saturated carbocycles. The van der Waals surface area contributed by atoms with Crippen molar-refractivity contribution >= 4 is 5.91 Å². The number of allylic oxidation sites excluding steroid dienone is 2. The standard InChI is InChI=1S/C28H34N2O2/c1-20-6-5-7-21(2)23(20)10-14-30-15-12-28(13-16-30)18-26(24-8-3-4-9-25(24)28)29-27(31)22-11-17-32-19-22/h3-4,8-9,11,17,19,26H,1,5-7,10,12-16,18H2,2H3,(H,29,31)/t26-/m0/s1. The molecule has 5 rings (SSSR count). The van der Waals surface area contributed by atoms with Gasteiger partial charge in [0.1, 0.15) is 6.26 Å². The van der Waals surface area contributed by atoms with E-state index in [4.69, 9.17) is 4.42 Å². The van der Waals surface area contributed by atoms with Crippen molar-refractivity contribution in [1.29, 1.82) is 0 Å². The van der Waals surface area contributed by atoms with Crippen LogP contribution in [0.4, 0.5) is 0 Å². The molecule has 2 heterocycles. The molecule has 1 saturated heterocycles. The highest BCUT2D eigenvalue weighted by molar-refractivity contribution is 5.94. The van der Waals surface area contributed by atoms with E-state index in [1.165, 1.54) is 47.8 Å². The topological polar surface area (TPSA) is 45.5 Å². The van der Waals surface area contributed by atoms with Gasteiger partial charge in [-0.1, -0.05) is 42.0 Å². The fourth-order valence-corrected chi connectivity index (χ4v) is 6.17. The van der Waals surface area contributed by atoms with Gasteiger partial charge >= 0.3 is 0 Å². The molecule has 1 spiro atoms. The molecular weight excluding hydrogens is 396 g/mol. The van der Waals surface area contributed by atoms with Crippen LogP contribution in [0.1, 0.15) is 79.4 Å². The fraction of sp³-hybridized carbons (Fsp3) is 0.464. The number of likely N-dealkylation sites (tertiary alicyclic amines) is 1. The molecule has 2 aliphatic carbocycles. The number of furan rings is 1. The quantitative estimate of drug-likeness (QED) is 0.639. The Bertz CT molecular complexity index is 1030. The number of nitrogens with one attached hydrogen (secondary N) is 1. The predicted octanol–water partition coefficient (Wildman–Crippen LogP) is 5.93. The fourth-order valence-electron chi connectivity index (χ4n) is 6.17. The minimum atomic E-state index is -0.0515. The van der Waals surface area contributed by atoms with Gasteiger partial charge in [0.2, 0.25) is 0 Å². The number of hydrogen-bond donors (Lipinski definition) is 1. The number of nitrogens with zero attached hydrogens (tertiary/aromatic N) is 1. The lowest BCUT2D eigenvalue weighted by Gasteiger charge is -2.40. The van der Waals surface area contributed by atoms with Crippen LogP contribution >= 0.6 is 0 Å². The smallest absolute Gasteiger partial charge is 0.255 e. The van der Waals surface area contributed by atoms with Crippen molar-refractivity contribution in [3.8, 4) is 0 Å². The van der Waals surface area contributed by atoms with Crippen LogP contribution in [0.15, 0.2) is 70.6 Å². The van der Waals surface area contributed by atoms with Crippen molar-refractivity contribution in [2.45, 2.75) is 63.3 Å². The normalized spacial score (nSPS) is 22.9. The van der Waals surface area contributed by atoms with Gasteiger partial charge in [-0.15, -0.1) is 0 Å². The van der Waals surface area contributed by atoms with E-state index in [2.05, 4.69) is 48.0 Å². The molecule has 1 aromatic heterocycles. The number of piperidine rings is 1. The van der Waals surface area contributed by atoms with Crippen molar-refractivity contribution in [1.82, 2.24) is 10.2 Å². The second-order valence-electron chi connectivity index (χ2n) is 9.92. The van der Waals surface area contributed by atoms with E-state index in [1.54, 1.807) is 17.9 Å². The van der Waals surface area contributed by atoms with Crippen LogP contribution in [0.25, 0.3) is 0 Å². The van der Waals surface area contributed by atoms with Gasteiger partial charge < -0.3 is 14.6 Å². The maximum absolute atomic E-state index is 12.7. The lowest BCUT2D eigenvalue weighted by molar-refractivity contribution is 0.0925. The van der Waals surface area contributed by atoms with Crippen LogP contribution in [0.2, 0.25) is 0 Å². The summed E-state index contributed by atoms with van der Waals surface area (Å²) < 4.78 is 5.10. The number of amides is 1. The Morgan fingerprint density at radius 1 is 1.22 bits per heavy atom. The van der Waals surface area contributed by atoms with Gasteiger partial charge in [-0.25, -0.2) is 0 Å². The zero-order valence-electron chi connectivity index (χ0n) is 19.2. The first-order valence-corrected chi connectivity index (χ1v) is 12.1. The molecule has 0 radical (unpaired) electrons. The molecule has 1 aliphatic heterocycles. The van der Waals surface area contributed by atoms with E-state index in [0.29, 0.717) is 5.56 Å². The first-order chi connectivity index (χ1) is 15.6. The molecule has 4 heteroatoms. The molecule has 1 N–H and O–H groups in total. The highest BCUT2D eigenvalue weighted by Gasteiger charge is 2.45. The highest BCUT2D eigenvalue weighted by Crippen LogP contribution is 2.50. The van der Waals surface area contributed by atoms with Crippen LogP contribution in [0, 0.1) is 0 Å². The summed E-state index contributed by atoms with van der Waals surface area (Å²) in [6.45, 7) is 9.99. The summed E-state index contributed by atoms with van der Waals surface area (Å²) in [6.07, 6.45) is 11.2. The van der Waals surface area contributed by atoms with Crippen LogP contribution < -0.4 is 5.32 Å². The van der Waals surface area contributed by atoms with Crippen molar-refractivity contribution in [3.05, 3.63) is 82.8 Å². The third-order valence-electron chi connectivity index (χ3n) is 8.05. The van der Waals surface area contributed by atoms with Crippen molar-refractivity contribution in [2.75, 3.05) is 19.6 Å². The molecule has 2 aromatic rings. The van der Waals surface area contributed by atoms with Gasteiger partial charge in [0.05, 0.1) is 17.9 Å². The van der Waals surface area contributed by atoms with Gasteiger partial charge in [-0.2, -0.15) is 0 Å². The molecule has 3 aliphatic rings. The maximum atomic E-state index is 12.7. The third kappa shape index (κ3) is 3.97. The number of rotatable bonds is 5. The SMILES string of the molecule is C=C1CCCC(C)=C1CCN1CCC2(CC1)C[C@H](NC(=O)c1ccoc1)c1ccccc12. The summed E-state index contributed by atoms with van der Waals surface area (Å²) in [5, 5.41) is 3.27. The molecule has 0 unspecified atom stereocenters. The summed E-state index contributed by atoms with van der Waals surface area (Å²) in [5.74, 6) is -0.0515. The zero-order valence-corrected chi connectivity index (χ0v) is 19.2. The Labute approximate surface area is 191 Å². The van der Waals surface area contributed by atoms with Crippen molar-refractivity contribution < 1.29 is 9.21 Å². The number of carbonyl (C=O) groups is 1. The molecular formula is C28H34N2O2. The van der Waals surface area contributed by atoms with Gasteiger partial charge in [-0.3, -0.25) is 4.79 Å². The molecule has 1 aromatic carbocycles. The maximum Gasteiger partial charge on any atom is 0.255 e. The van der Waals surface area contributed by atoms with E-state index in [9.17, 15) is 4.79 Å². The second-order valence-corrected chi connectivity index (χ2v) is 9.92. The summed E-state index contributed by atoms with van der Waals surface area (Å²) in [7, 11) is 0. The number of hydrogen-bond acceptors (Lipinski definition) is 3. The monoisotopic (exact) mass is 430 g/mol. The molecule has 0 bridgehead atoms. The summed E-state index contributed by atoms with van der Waals surface area (Å²) in [6, 6.07) is 10.5. The third-order valence-corrected chi connectivity index (χ3v) is 8.05. The van der Waals surface area contributed by atoms with Crippen molar-refractivity contribution in [3.63, 3.8) is 0 Å². The molecule has 4 nitrogen and oxygen atoms in total. The molecule has 1 atom stereocenters. The summed E-state index contributed by atoms with van der Waals surface area (Å²) in [5.41, 5.74) is 7.94. The average Bonchev–Trinajstić information content (AvgIpc) is 3.43. The minimum Gasteiger partial charge on any atom is -0.472 e. The van der Waals surface area contributed by atoms with E-state index in [0.717, 1.165) is 45.3 Å². The lowest BCUT2D eigenvalue weighted by atomic mass is 9.73. The lowest BCUT2D eigenvalue weighted by Crippen LogP contribution is -2.42. The van der Waals surface area contributed by atoms with Crippen LogP contribution in [0.3, 0.4) is 0 Å². The van der Waals surface area contributed by atoms with E-state index < -0.39 is 0 Å². The largest absolute Gasteiger partial charge is 0.472 e. The van der Waals surface area contributed by atoms with E-state index in [1.807, 2.05) is 0 Å².